The number of thiophene rings is 1. The van der Waals surface area contributed by atoms with E-state index in [1.165, 1.54) is 5.56 Å². The van der Waals surface area contributed by atoms with Crippen molar-refractivity contribution in [3.8, 4) is 0 Å². The van der Waals surface area contributed by atoms with Crippen molar-refractivity contribution >= 4 is 28.6 Å². The van der Waals surface area contributed by atoms with Crippen LogP contribution in [0, 0.1) is 0 Å². The number of nitrogens with one attached hydrogen (secondary N) is 1. The molecule has 0 aliphatic heterocycles. The predicted molar refractivity (Wildman–Crippen MR) is 75.7 cm³/mol. The Morgan fingerprint density at radius 3 is 2.78 bits per heavy atom. The summed E-state index contributed by atoms with van der Waals surface area (Å²) in [5.41, 5.74) is 14.1. The lowest BCUT2D eigenvalue weighted by atomic mass is 10.1. The highest BCUT2D eigenvalue weighted by molar-refractivity contribution is 7.07. The molecule has 1 aromatic heterocycles. The van der Waals surface area contributed by atoms with Crippen LogP contribution in [0.4, 0.5) is 11.4 Å². The number of hydrogen-bond acceptors (Lipinski definition) is 4. The second-order valence-corrected chi connectivity index (χ2v) is 4.87. The van der Waals surface area contributed by atoms with E-state index in [-0.39, 0.29) is 6.04 Å². The smallest absolute Gasteiger partial charge is 0.248 e. The fraction of sp³-hybridized carbons (Fsp3) is 0.154. The number of carbonyl (C=O) groups excluding carboxylic acids is 1. The lowest BCUT2D eigenvalue weighted by molar-refractivity contribution is 0.100. The number of anilines is 2. The Morgan fingerprint density at radius 2 is 2.17 bits per heavy atom. The molecule has 2 rings (SSSR count). The van der Waals surface area contributed by atoms with E-state index in [1.807, 2.05) is 12.3 Å². The van der Waals surface area contributed by atoms with Crippen molar-refractivity contribution in [2.24, 2.45) is 5.73 Å². The third kappa shape index (κ3) is 2.62. The number of rotatable bonds is 4. The highest BCUT2D eigenvalue weighted by atomic mass is 32.1. The SMILES string of the molecule is CC(Nc1cc(C(N)=O)ccc1N)c1ccsc1. The van der Waals surface area contributed by atoms with Crippen molar-refractivity contribution in [2.75, 3.05) is 11.1 Å². The predicted octanol–water partition coefficient (Wildman–Crippen LogP) is 2.60. The van der Waals surface area contributed by atoms with Crippen molar-refractivity contribution in [1.29, 1.82) is 0 Å². The molecule has 1 heterocycles. The summed E-state index contributed by atoms with van der Waals surface area (Å²) in [6.45, 7) is 2.04. The molecular weight excluding hydrogens is 246 g/mol. The standard InChI is InChI=1S/C13H15N3OS/c1-8(10-4-5-18-7-10)16-12-6-9(13(15)17)2-3-11(12)14/h2-8,16H,14H2,1H3,(H2,15,17). The maximum Gasteiger partial charge on any atom is 0.248 e. The second-order valence-electron chi connectivity index (χ2n) is 4.09. The van der Waals surface area contributed by atoms with Crippen molar-refractivity contribution in [3.63, 3.8) is 0 Å². The van der Waals surface area contributed by atoms with E-state index in [2.05, 4.69) is 16.8 Å². The first-order valence-electron chi connectivity index (χ1n) is 5.56. The zero-order valence-corrected chi connectivity index (χ0v) is 10.8. The van der Waals surface area contributed by atoms with Crippen molar-refractivity contribution < 1.29 is 4.79 Å². The summed E-state index contributed by atoms with van der Waals surface area (Å²) in [7, 11) is 0. The molecule has 5 N–H and O–H groups in total. The fourth-order valence-electron chi connectivity index (χ4n) is 1.67. The molecule has 1 aromatic carbocycles. The van der Waals surface area contributed by atoms with Crippen molar-refractivity contribution in [2.45, 2.75) is 13.0 Å². The van der Waals surface area contributed by atoms with Gasteiger partial charge in [-0.3, -0.25) is 4.79 Å². The van der Waals surface area contributed by atoms with Gasteiger partial charge in [0, 0.05) is 11.6 Å². The molecule has 0 bridgehead atoms. The minimum atomic E-state index is -0.457. The molecule has 0 fully saturated rings. The molecule has 18 heavy (non-hydrogen) atoms. The van der Waals surface area contributed by atoms with Gasteiger partial charge in [0.15, 0.2) is 0 Å². The number of nitrogens with two attached hydrogens (primary N) is 2. The molecule has 0 aliphatic rings. The normalized spacial score (nSPS) is 12.1. The Morgan fingerprint density at radius 1 is 1.39 bits per heavy atom. The minimum Gasteiger partial charge on any atom is -0.397 e. The van der Waals surface area contributed by atoms with Crippen LogP contribution in [0.25, 0.3) is 0 Å². The Balaban J connectivity index is 2.23. The third-order valence-electron chi connectivity index (χ3n) is 2.75. The number of benzene rings is 1. The van der Waals surface area contributed by atoms with Gasteiger partial charge in [-0.2, -0.15) is 11.3 Å². The Hall–Kier alpha value is -2.01. The monoisotopic (exact) mass is 261 g/mol. The van der Waals surface area contributed by atoms with E-state index in [0.717, 1.165) is 5.69 Å². The van der Waals surface area contributed by atoms with Gasteiger partial charge < -0.3 is 16.8 Å². The molecule has 94 valence electrons. The van der Waals surface area contributed by atoms with Crippen LogP contribution in [-0.2, 0) is 0 Å². The number of primary amides is 1. The molecule has 0 radical (unpaired) electrons. The molecule has 5 heteroatoms. The first-order chi connectivity index (χ1) is 8.58. The largest absolute Gasteiger partial charge is 0.397 e. The highest BCUT2D eigenvalue weighted by Gasteiger charge is 2.09. The van der Waals surface area contributed by atoms with Crippen LogP contribution in [0.5, 0.6) is 0 Å². The summed E-state index contributed by atoms with van der Waals surface area (Å²) in [4.78, 5) is 11.1. The zero-order valence-electron chi connectivity index (χ0n) is 10.0. The molecular formula is C13H15N3OS. The van der Waals surface area contributed by atoms with E-state index < -0.39 is 5.91 Å². The van der Waals surface area contributed by atoms with Gasteiger partial charge in [0.2, 0.25) is 5.91 Å². The third-order valence-corrected chi connectivity index (χ3v) is 3.45. The van der Waals surface area contributed by atoms with Gasteiger partial charge in [-0.05, 0) is 47.5 Å². The number of carbonyl (C=O) groups is 1. The fourth-order valence-corrected chi connectivity index (χ4v) is 2.43. The van der Waals surface area contributed by atoms with Crippen molar-refractivity contribution in [3.05, 3.63) is 46.2 Å². The molecule has 0 aliphatic carbocycles. The molecule has 1 atom stereocenters. The molecule has 0 saturated heterocycles. The van der Waals surface area contributed by atoms with Crippen LogP contribution in [0.15, 0.2) is 35.0 Å². The van der Waals surface area contributed by atoms with Crippen molar-refractivity contribution in [1.82, 2.24) is 0 Å². The van der Waals surface area contributed by atoms with Gasteiger partial charge in [0.05, 0.1) is 11.4 Å². The first-order valence-corrected chi connectivity index (χ1v) is 6.50. The molecule has 4 nitrogen and oxygen atoms in total. The number of nitrogen functional groups attached to an aromatic ring is 1. The van der Waals surface area contributed by atoms with Gasteiger partial charge in [0.25, 0.3) is 0 Å². The summed E-state index contributed by atoms with van der Waals surface area (Å²) in [6.07, 6.45) is 0. The molecule has 1 amide bonds. The summed E-state index contributed by atoms with van der Waals surface area (Å²) in [5, 5.41) is 7.38. The van der Waals surface area contributed by atoms with E-state index >= 15 is 0 Å². The van der Waals surface area contributed by atoms with Gasteiger partial charge >= 0.3 is 0 Å². The highest BCUT2D eigenvalue weighted by Crippen LogP contribution is 2.26. The maximum atomic E-state index is 11.1. The van der Waals surface area contributed by atoms with Crippen LogP contribution in [0.2, 0.25) is 0 Å². The summed E-state index contributed by atoms with van der Waals surface area (Å²) < 4.78 is 0. The van der Waals surface area contributed by atoms with Crippen LogP contribution in [-0.4, -0.2) is 5.91 Å². The van der Waals surface area contributed by atoms with E-state index in [1.54, 1.807) is 29.5 Å². The maximum absolute atomic E-state index is 11.1. The average Bonchev–Trinajstić information content (AvgIpc) is 2.85. The van der Waals surface area contributed by atoms with E-state index in [4.69, 9.17) is 11.5 Å². The Bertz CT molecular complexity index is 551. The summed E-state index contributed by atoms with van der Waals surface area (Å²) in [5.74, 6) is -0.457. The lowest BCUT2D eigenvalue weighted by Gasteiger charge is -2.16. The molecule has 0 saturated carbocycles. The van der Waals surface area contributed by atoms with Crippen LogP contribution in [0.3, 0.4) is 0 Å². The quantitative estimate of drug-likeness (QED) is 0.740. The first kappa shape index (κ1) is 12.4. The second kappa shape index (κ2) is 5.10. The van der Waals surface area contributed by atoms with Gasteiger partial charge in [0.1, 0.15) is 0 Å². The van der Waals surface area contributed by atoms with Gasteiger partial charge in [-0.15, -0.1) is 0 Å². The average molecular weight is 261 g/mol. The Kier molecular flexibility index (Phi) is 3.53. The van der Waals surface area contributed by atoms with Crippen LogP contribution < -0.4 is 16.8 Å². The summed E-state index contributed by atoms with van der Waals surface area (Å²) >= 11 is 1.65. The Labute approximate surface area is 110 Å². The minimum absolute atomic E-state index is 0.127. The van der Waals surface area contributed by atoms with Crippen LogP contribution >= 0.6 is 11.3 Å². The van der Waals surface area contributed by atoms with E-state index in [0.29, 0.717) is 11.3 Å². The van der Waals surface area contributed by atoms with Gasteiger partial charge in [-0.25, -0.2) is 0 Å². The lowest BCUT2D eigenvalue weighted by Crippen LogP contribution is -2.13. The van der Waals surface area contributed by atoms with E-state index in [9.17, 15) is 4.79 Å². The summed E-state index contributed by atoms with van der Waals surface area (Å²) in [6, 6.07) is 7.17. The topological polar surface area (TPSA) is 81.1 Å². The van der Waals surface area contributed by atoms with Gasteiger partial charge in [-0.1, -0.05) is 0 Å². The van der Waals surface area contributed by atoms with Crippen LogP contribution in [0.1, 0.15) is 28.9 Å². The number of amides is 1. The molecule has 1 unspecified atom stereocenters. The molecule has 2 aromatic rings. The molecule has 0 spiro atoms. The number of hydrogen-bond donors (Lipinski definition) is 3. The zero-order chi connectivity index (χ0) is 13.1.